The number of para-hydroxylation sites is 1. The van der Waals surface area contributed by atoms with Crippen LogP contribution in [0.3, 0.4) is 0 Å². The molecular weight excluding hydrogens is 310 g/mol. The minimum absolute atomic E-state index is 0.0413. The zero-order chi connectivity index (χ0) is 13.6. The molecule has 0 bridgehead atoms. The maximum absolute atomic E-state index is 12.0. The topological polar surface area (TPSA) is 47.6 Å². The minimum atomic E-state index is -0.199. The van der Waals surface area contributed by atoms with Gasteiger partial charge in [-0.25, -0.2) is 0 Å². The summed E-state index contributed by atoms with van der Waals surface area (Å²) in [5.41, 5.74) is -0.199. The van der Waals surface area contributed by atoms with Crippen molar-refractivity contribution in [3.05, 3.63) is 30.3 Å². The molecule has 1 amide bonds. The number of carbonyl (C=O) groups excluding carboxylic acids is 1. The molecule has 2 rings (SSSR count). The lowest BCUT2D eigenvalue weighted by molar-refractivity contribution is -0.125. The molecule has 1 fully saturated rings. The molecule has 1 aromatic rings. The summed E-state index contributed by atoms with van der Waals surface area (Å²) in [6.45, 7) is 1.41. The fourth-order valence-corrected chi connectivity index (χ4v) is 2.75. The molecule has 0 unspecified atom stereocenters. The van der Waals surface area contributed by atoms with Gasteiger partial charge in [-0.1, -0.05) is 34.1 Å². The second-order valence-corrected chi connectivity index (χ2v) is 5.24. The van der Waals surface area contributed by atoms with Crippen molar-refractivity contribution >= 4 is 21.8 Å². The van der Waals surface area contributed by atoms with Crippen LogP contribution in [0.2, 0.25) is 0 Å². The van der Waals surface area contributed by atoms with Crippen molar-refractivity contribution in [2.75, 3.05) is 25.2 Å². The highest BCUT2D eigenvalue weighted by Gasteiger charge is 2.33. The smallest absolute Gasteiger partial charge is 0.258 e. The number of carbonyl (C=O) groups is 1. The number of rotatable bonds is 5. The molecule has 1 aliphatic rings. The molecule has 19 heavy (non-hydrogen) atoms. The zero-order valence-electron chi connectivity index (χ0n) is 10.7. The average Bonchev–Trinajstić information content (AvgIpc) is 2.47. The summed E-state index contributed by atoms with van der Waals surface area (Å²) in [4.78, 5) is 12.0. The molecule has 0 radical (unpaired) electrons. The highest BCUT2D eigenvalue weighted by molar-refractivity contribution is 9.09. The van der Waals surface area contributed by atoms with Crippen molar-refractivity contribution in [3.63, 3.8) is 0 Å². The Hall–Kier alpha value is -1.07. The molecule has 1 aliphatic heterocycles. The van der Waals surface area contributed by atoms with Gasteiger partial charge in [-0.3, -0.25) is 4.79 Å². The number of alkyl halides is 1. The van der Waals surface area contributed by atoms with Gasteiger partial charge in [0.2, 0.25) is 0 Å². The maximum atomic E-state index is 12.0. The summed E-state index contributed by atoms with van der Waals surface area (Å²) >= 11 is 3.48. The van der Waals surface area contributed by atoms with E-state index in [-0.39, 0.29) is 18.1 Å². The van der Waals surface area contributed by atoms with E-state index in [0.29, 0.717) is 19.0 Å². The van der Waals surface area contributed by atoms with E-state index in [1.807, 2.05) is 30.3 Å². The third-order valence-electron chi connectivity index (χ3n) is 3.22. The first-order chi connectivity index (χ1) is 9.24. The van der Waals surface area contributed by atoms with Crippen LogP contribution in [0.15, 0.2) is 30.3 Å². The molecule has 0 aromatic heterocycles. The Kier molecular flexibility index (Phi) is 5.22. The summed E-state index contributed by atoms with van der Waals surface area (Å²) in [5.74, 6) is 0.614. The largest absolute Gasteiger partial charge is 0.484 e. The third kappa shape index (κ3) is 4.21. The van der Waals surface area contributed by atoms with Gasteiger partial charge in [0.15, 0.2) is 6.61 Å². The van der Waals surface area contributed by atoms with E-state index >= 15 is 0 Å². The number of ether oxygens (including phenoxy) is 2. The van der Waals surface area contributed by atoms with Crippen LogP contribution in [-0.2, 0) is 9.53 Å². The lowest BCUT2D eigenvalue weighted by Crippen LogP contribution is -2.54. The van der Waals surface area contributed by atoms with Crippen LogP contribution < -0.4 is 10.1 Å². The van der Waals surface area contributed by atoms with E-state index in [4.69, 9.17) is 9.47 Å². The van der Waals surface area contributed by atoms with E-state index in [2.05, 4.69) is 21.2 Å². The summed E-state index contributed by atoms with van der Waals surface area (Å²) in [6, 6.07) is 9.34. The molecule has 5 heteroatoms. The Labute approximate surface area is 121 Å². The number of amides is 1. The number of halogens is 1. The third-order valence-corrected chi connectivity index (χ3v) is 4.30. The minimum Gasteiger partial charge on any atom is -0.484 e. The first-order valence-electron chi connectivity index (χ1n) is 6.37. The molecule has 1 heterocycles. The average molecular weight is 328 g/mol. The molecule has 1 N–H and O–H groups in total. The van der Waals surface area contributed by atoms with Crippen molar-refractivity contribution in [3.8, 4) is 5.75 Å². The van der Waals surface area contributed by atoms with Crippen LogP contribution in [0.1, 0.15) is 12.8 Å². The second-order valence-electron chi connectivity index (χ2n) is 4.68. The Morgan fingerprint density at radius 2 is 2.00 bits per heavy atom. The maximum Gasteiger partial charge on any atom is 0.258 e. The monoisotopic (exact) mass is 327 g/mol. The first-order valence-corrected chi connectivity index (χ1v) is 7.49. The quantitative estimate of drug-likeness (QED) is 0.843. The van der Waals surface area contributed by atoms with Crippen molar-refractivity contribution in [1.82, 2.24) is 5.32 Å². The lowest BCUT2D eigenvalue weighted by Gasteiger charge is -2.36. The fraction of sp³-hybridized carbons (Fsp3) is 0.500. The Bertz CT molecular complexity index is 404. The molecule has 104 valence electrons. The molecule has 1 saturated heterocycles. The van der Waals surface area contributed by atoms with Gasteiger partial charge in [0.1, 0.15) is 5.75 Å². The molecule has 4 nitrogen and oxygen atoms in total. The van der Waals surface area contributed by atoms with Gasteiger partial charge in [0, 0.05) is 18.5 Å². The van der Waals surface area contributed by atoms with Crippen LogP contribution in [-0.4, -0.2) is 36.6 Å². The molecular formula is C14H18BrNO3. The predicted molar refractivity (Wildman–Crippen MR) is 76.7 cm³/mol. The molecule has 1 aromatic carbocycles. The van der Waals surface area contributed by atoms with Gasteiger partial charge in [0.05, 0.1) is 5.54 Å². The van der Waals surface area contributed by atoms with Gasteiger partial charge in [-0.05, 0) is 25.0 Å². The SMILES string of the molecule is O=C(COc1ccccc1)NC1(CBr)CCOCC1. The normalized spacial score (nSPS) is 17.7. The Balaban J connectivity index is 1.83. The van der Waals surface area contributed by atoms with Gasteiger partial charge < -0.3 is 14.8 Å². The van der Waals surface area contributed by atoms with Gasteiger partial charge in [0.25, 0.3) is 5.91 Å². The summed E-state index contributed by atoms with van der Waals surface area (Å²) in [6.07, 6.45) is 1.66. The summed E-state index contributed by atoms with van der Waals surface area (Å²) in [5, 5.41) is 3.80. The van der Waals surface area contributed by atoms with Crippen LogP contribution in [0.25, 0.3) is 0 Å². The zero-order valence-corrected chi connectivity index (χ0v) is 12.3. The van der Waals surface area contributed by atoms with Crippen LogP contribution in [0, 0.1) is 0 Å². The van der Waals surface area contributed by atoms with Crippen molar-refractivity contribution in [2.45, 2.75) is 18.4 Å². The summed E-state index contributed by atoms with van der Waals surface area (Å²) in [7, 11) is 0. The van der Waals surface area contributed by atoms with Crippen molar-refractivity contribution < 1.29 is 14.3 Å². The number of benzene rings is 1. The number of nitrogens with one attached hydrogen (secondary N) is 1. The van der Waals surface area contributed by atoms with Crippen LogP contribution in [0.5, 0.6) is 5.75 Å². The van der Waals surface area contributed by atoms with E-state index in [1.54, 1.807) is 0 Å². The molecule has 0 aliphatic carbocycles. The van der Waals surface area contributed by atoms with E-state index in [1.165, 1.54) is 0 Å². The lowest BCUT2D eigenvalue weighted by atomic mass is 9.92. The first kappa shape index (κ1) is 14.3. The van der Waals surface area contributed by atoms with Gasteiger partial charge >= 0.3 is 0 Å². The van der Waals surface area contributed by atoms with Crippen molar-refractivity contribution in [2.24, 2.45) is 0 Å². The second kappa shape index (κ2) is 6.91. The highest BCUT2D eigenvalue weighted by atomic mass is 79.9. The van der Waals surface area contributed by atoms with Crippen LogP contribution in [0.4, 0.5) is 0 Å². The summed E-state index contributed by atoms with van der Waals surface area (Å²) < 4.78 is 10.8. The fourth-order valence-electron chi connectivity index (χ4n) is 2.05. The van der Waals surface area contributed by atoms with E-state index in [0.717, 1.165) is 18.2 Å². The number of hydrogen-bond acceptors (Lipinski definition) is 3. The Morgan fingerprint density at radius 3 is 2.63 bits per heavy atom. The van der Waals surface area contributed by atoms with Crippen LogP contribution >= 0.6 is 15.9 Å². The van der Waals surface area contributed by atoms with E-state index < -0.39 is 0 Å². The van der Waals surface area contributed by atoms with Gasteiger partial charge in [-0.2, -0.15) is 0 Å². The highest BCUT2D eigenvalue weighted by Crippen LogP contribution is 2.22. The number of hydrogen-bond donors (Lipinski definition) is 1. The van der Waals surface area contributed by atoms with Gasteiger partial charge in [-0.15, -0.1) is 0 Å². The van der Waals surface area contributed by atoms with E-state index in [9.17, 15) is 4.79 Å². The Morgan fingerprint density at radius 1 is 1.32 bits per heavy atom. The molecule has 0 spiro atoms. The standard InChI is InChI=1S/C14H18BrNO3/c15-11-14(6-8-18-9-7-14)16-13(17)10-19-12-4-2-1-3-5-12/h1-5H,6-11H2,(H,16,17). The predicted octanol–water partition coefficient (Wildman–Crippen LogP) is 2.13. The van der Waals surface area contributed by atoms with Crippen molar-refractivity contribution in [1.29, 1.82) is 0 Å². The molecule has 0 atom stereocenters. The molecule has 0 saturated carbocycles.